The summed E-state index contributed by atoms with van der Waals surface area (Å²) in [6.07, 6.45) is 5.83. The molecule has 2 aliphatic heterocycles. The molecule has 186 valence electrons. The molecule has 3 aliphatic rings. The summed E-state index contributed by atoms with van der Waals surface area (Å²) in [6.45, 7) is 5.83. The molecule has 1 fully saturated rings. The monoisotopic (exact) mass is 489 g/mol. The van der Waals surface area contributed by atoms with E-state index in [9.17, 15) is 14.7 Å². The van der Waals surface area contributed by atoms with Crippen LogP contribution in [0.4, 0.5) is 10.1 Å². The lowest BCUT2D eigenvalue weighted by molar-refractivity contribution is 0.0694. The molecular weight excluding hydrogens is 461 g/mol. The SMILES string of the molecule is C[C@H]1COc2c(N3CCN(CC4=CCCc5ccccc54)CC3)c(F)cc3c(=O)c(C(=O)O)cn1c23. The van der Waals surface area contributed by atoms with Crippen molar-refractivity contribution in [1.29, 1.82) is 0 Å². The van der Waals surface area contributed by atoms with Gasteiger partial charge < -0.3 is 19.3 Å². The first-order valence-corrected chi connectivity index (χ1v) is 12.4. The van der Waals surface area contributed by atoms with Crippen LogP contribution in [0.1, 0.15) is 40.9 Å². The molecule has 0 amide bonds. The van der Waals surface area contributed by atoms with Gasteiger partial charge in [-0.25, -0.2) is 9.18 Å². The van der Waals surface area contributed by atoms with Crippen molar-refractivity contribution in [2.24, 2.45) is 0 Å². The largest absolute Gasteiger partial charge is 0.487 e. The minimum atomic E-state index is -1.32. The molecule has 7 nitrogen and oxygen atoms in total. The number of rotatable bonds is 4. The van der Waals surface area contributed by atoms with Gasteiger partial charge in [0.1, 0.15) is 17.9 Å². The molecule has 1 aliphatic carbocycles. The average molecular weight is 490 g/mol. The van der Waals surface area contributed by atoms with Crippen LogP contribution in [0.2, 0.25) is 0 Å². The number of piperazine rings is 1. The number of halogens is 1. The van der Waals surface area contributed by atoms with Crippen LogP contribution in [0, 0.1) is 5.82 Å². The molecule has 3 heterocycles. The number of hydrogen-bond donors (Lipinski definition) is 1. The van der Waals surface area contributed by atoms with Crippen LogP contribution in [0.3, 0.4) is 0 Å². The Bertz CT molecular complexity index is 1470. The van der Waals surface area contributed by atoms with Gasteiger partial charge in [0.05, 0.1) is 16.9 Å². The van der Waals surface area contributed by atoms with E-state index >= 15 is 4.39 Å². The number of hydrogen-bond acceptors (Lipinski definition) is 5. The zero-order valence-electron chi connectivity index (χ0n) is 20.2. The second kappa shape index (κ2) is 8.78. The first kappa shape index (κ1) is 22.8. The smallest absolute Gasteiger partial charge is 0.341 e. The lowest BCUT2D eigenvalue weighted by atomic mass is 9.90. The van der Waals surface area contributed by atoms with Gasteiger partial charge in [-0.2, -0.15) is 0 Å². The molecule has 8 heteroatoms. The van der Waals surface area contributed by atoms with Gasteiger partial charge in [-0.1, -0.05) is 30.3 Å². The number of aryl methyl sites for hydroxylation is 1. The van der Waals surface area contributed by atoms with Gasteiger partial charge in [-0.3, -0.25) is 9.69 Å². The van der Waals surface area contributed by atoms with Gasteiger partial charge in [-0.05, 0) is 42.5 Å². The standard InChI is InChI=1S/C28H28FN3O4/c1-17-16-36-27-24-21(26(33)22(28(34)35)15-32(17)24)13-23(29)25(27)31-11-9-30(10-12-31)14-19-7-4-6-18-5-2-3-8-20(18)19/h2-3,5,7-8,13,15,17H,4,6,9-12,14,16H2,1H3,(H,34,35)/t17-/m0/s1. The van der Waals surface area contributed by atoms with Gasteiger partial charge in [0.15, 0.2) is 11.6 Å². The molecule has 0 bridgehead atoms. The normalized spacial score (nSPS) is 19.6. The predicted molar refractivity (Wildman–Crippen MR) is 137 cm³/mol. The third-order valence-corrected chi connectivity index (χ3v) is 7.62. The molecule has 2 aromatic carbocycles. The highest BCUT2D eigenvalue weighted by molar-refractivity contribution is 5.97. The van der Waals surface area contributed by atoms with Gasteiger partial charge >= 0.3 is 5.97 Å². The summed E-state index contributed by atoms with van der Waals surface area (Å²) in [5.74, 6) is -1.55. The second-order valence-electron chi connectivity index (χ2n) is 9.87. The Hall–Kier alpha value is -3.65. The number of anilines is 1. The van der Waals surface area contributed by atoms with E-state index in [4.69, 9.17) is 4.74 Å². The van der Waals surface area contributed by atoms with Crippen LogP contribution < -0.4 is 15.1 Å². The number of carboxylic acids is 1. The number of fused-ring (bicyclic) bond motifs is 1. The van der Waals surface area contributed by atoms with E-state index in [1.54, 1.807) is 4.57 Å². The highest BCUT2D eigenvalue weighted by Crippen LogP contribution is 2.42. The third kappa shape index (κ3) is 3.67. The molecule has 36 heavy (non-hydrogen) atoms. The molecule has 0 unspecified atom stereocenters. The minimum absolute atomic E-state index is 0.0410. The van der Waals surface area contributed by atoms with Crippen molar-refractivity contribution in [1.82, 2.24) is 9.47 Å². The van der Waals surface area contributed by atoms with Crippen LogP contribution >= 0.6 is 0 Å². The van der Waals surface area contributed by atoms with Crippen LogP contribution in [0.15, 0.2) is 47.4 Å². The number of ether oxygens (including phenoxy) is 1. The molecule has 6 rings (SSSR count). The highest BCUT2D eigenvalue weighted by atomic mass is 19.1. The molecule has 0 saturated carbocycles. The summed E-state index contributed by atoms with van der Waals surface area (Å²) in [5.41, 5.74) is 3.85. The fourth-order valence-corrected chi connectivity index (χ4v) is 5.74. The molecule has 1 saturated heterocycles. The van der Waals surface area contributed by atoms with Crippen LogP contribution in [0.5, 0.6) is 5.75 Å². The number of aromatic carboxylic acids is 1. The number of benzene rings is 2. The molecule has 0 spiro atoms. The number of nitrogens with zero attached hydrogens (tertiary/aromatic N) is 3. The Morgan fingerprint density at radius 3 is 2.75 bits per heavy atom. The maximum Gasteiger partial charge on any atom is 0.341 e. The van der Waals surface area contributed by atoms with Gasteiger partial charge in [0.2, 0.25) is 5.43 Å². The van der Waals surface area contributed by atoms with E-state index in [1.165, 1.54) is 29.0 Å². The van der Waals surface area contributed by atoms with E-state index < -0.39 is 17.2 Å². The summed E-state index contributed by atoms with van der Waals surface area (Å²) in [6, 6.07) is 9.57. The fraction of sp³-hybridized carbons (Fsp3) is 0.357. The molecule has 3 aromatic rings. The number of allylic oxidation sites excluding steroid dienone is 1. The van der Waals surface area contributed by atoms with E-state index in [0.29, 0.717) is 30.0 Å². The van der Waals surface area contributed by atoms with Crippen molar-refractivity contribution < 1.29 is 19.0 Å². The van der Waals surface area contributed by atoms with E-state index in [-0.39, 0.29) is 23.6 Å². The molecule has 1 aromatic heterocycles. The first-order valence-electron chi connectivity index (χ1n) is 12.4. The summed E-state index contributed by atoms with van der Waals surface area (Å²) in [7, 11) is 0. The first-order chi connectivity index (χ1) is 17.4. The zero-order valence-corrected chi connectivity index (χ0v) is 20.2. The third-order valence-electron chi connectivity index (χ3n) is 7.62. The van der Waals surface area contributed by atoms with Gasteiger partial charge in [0, 0.05) is 38.9 Å². The number of carboxylic acid groups (broad SMARTS) is 1. The number of pyridine rings is 1. The lowest BCUT2D eigenvalue weighted by Gasteiger charge is -2.38. The molecule has 1 atom stereocenters. The maximum atomic E-state index is 15.5. The van der Waals surface area contributed by atoms with Crippen molar-refractivity contribution in [2.75, 3.05) is 44.2 Å². The van der Waals surface area contributed by atoms with E-state index in [0.717, 1.165) is 32.5 Å². The van der Waals surface area contributed by atoms with Crippen LogP contribution in [0.25, 0.3) is 16.5 Å². The van der Waals surface area contributed by atoms with Crippen molar-refractivity contribution in [3.63, 3.8) is 0 Å². The summed E-state index contributed by atoms with van der Waals surface area (Å²) in [5, 5.41) is 9.53. The summed E-state index contributed by atoms with van der Waals surface area (Å²) in [4.78, 5) is 28.8. The van der Waals surface area contributed by atoms with Crippen molar-refractivity contribution >= 4 is 28.1 Å². The Morgan fingerprint density at radius 2 is 1.97 bits per heavy atom. The quantitative estimate of drug-likeness (QED) is 0.598. The van der Waals surface area contributed by atoms with Crippen molar-refractivity contribution in [3.8, 4) is 5.75 Å². The van der Waals surface area contributed by atoms with Crippen molar-refractivity contribution in [3.05, 3.63) is 75.3 Å². The fourth-order valence-electron chi connectivity index (χ4n) is 5.74. The maximum absolute atomic E-state index is 15.5. The number of aromatic nitrogens is 1. The van der Waals surface area contributed by atoms with E-state index in [1.807, 2.05) is 11.8 Å². The molecular formula is C28H28FN3O4. The van der Waals surface area contributed by atoms with Crippen molar-refractivity contribution in [2.45, 2.75) is 25.8 Å². The van der Waals surface area contributed by atoms with Crippen LogP contribution in [-0.4, -0.2) is 59.9 Å². The molecule has 0 radical (unpaired) electrons. The highest BCUT2D eigenvalue weighted by Gasteiger charge is 2.31. The van der Waals surface area contributed by atoms with Gasteiger partial charge in [0.25, 0.3) is 0 Å². The van der Waals surface area contributed by atoms with Crippen LogP contribution in [-0.2, 0) is 6.42 Å². The second-order valence-corrected chi connectivity index (χ2v) is 9.87. The summed E-state index contributed by atoms with van der Waals surface area (Å²) >= 11 is 0. The van der Waals surface area contributed by atoms with Gasteiger partial charge in [-0.15, -0.1) is 0 Å². The molecule has 1 N–H and O–H groups in total. The Labute approximate surface area is 208 Å². The average Bonchev–Trinajstić information content (AvgIpc) is 2.88. The Balaban J connectivity index is 1.29. The zero-order chi connectivity index (χ0) is 25.0. The minimum Gasteiger partial charge on any atom is -0.487 e. The summed E-state index contributed by atoms with van der Waals surface area (Å²) < 4.78 is 23.3. The Kier molecular flexibility index (Phi) is 5.56. The van der Waals surface area contributed by atoms with E-state index in [2.05, 4.69) is 35.2 Å². The predicted octanol–water partition coefficient (Wildman–Crippen LogP) is 3.94. The Morgan fingerprint density at radius 1 is 1.19 bits per heavy atom. The number of carbonyl (C=O) groups is 1. The topological polar surface area (TPSA) is 75.0 Å². The lowest BCUT2D eigenvalue weighted by Crippen LogP contribution is -2.47.